The van der Waals surface area contributed by atoms with E-state index in [2.05, 4.69) is 47.6 Å². The summed E-state index contributed by atoms with van der Waals surface area (Å²) in [5, 5.41) is 0. The van der Waals surface area contributed by atoms with Gasteiger partial charge < -0.3 is 5.73 Å². The minimum atomic E-state index is 0.0596. The SMILES string of the molecule is C=C(C)CC(N)c1ccc(C)c(Br)c1. The van der Waals surface area contributed by atoms with E-state index in [1.807, 2.05) is 6.92 Å². The Labute approximate surface area is 94.1 Å². The molecule has 1 aromatic rings. The molecule has 1 aromatic carbocycles. The van der Waals surface area contributed by atoms with E-state index < -0.39 is 0 Å². The van der Waals surface area contributed by atoms with Crippen molar-refractivity contribution in [2.24, 2.45) is 5.73 Å². The molecule has 76 valence electrons. The highest BCUT2D eigenvalue weighted by molar-refractivity contribution is 9.10. The molecule has 0 amide bonds. The lowest BCUT2D eigenvalue weighted by Crippen LogP contribution is -2.10. The van der Waals surface area contributed by atoms with Crippen molar-refractivity contribution in [1.29, 1.82) is 0 Å². The van der Waals surface area contributed by atoms with Gasteiger partial charge in [0.05, 0.1) is 0 Å². The number of nitrogens with two attached hydrogens (primary N) is 1. The molecule has 0 bridgehead atoms. The molecule has 0 fully saturated rings. The lowest BCUT2D eigenvalue weighted by molar-refractivity contribution is 0.716. The number of benzene rings is 1. The molecule has 0 aromatic heterocycles. The van der Waals surface area contributed by atoms with Gasteiger partial charge in [0, 0.05) is 10.5 Å². The maximum atomic E-state index is 6.03. The fourth-order valence-corrected chi connectivity index (χ4v) is 1.73. The molecule has 0 saturated heterocycles. The van der Waals surface area contributed by atoms with Crippen molar-refractivity contribution in [3.63, 3.8) is 0 Å². The number of hydrogen-bond acceptors (Lipinski definition) is 1. The minimum absolute atomic E-state index is 0.0596. The lowest BCUT2D eigenvalue weighted by atomic mass is 10.0. The van der Waals surface area contributed by atoms with E-state index in [4.69, 9.17) is 5.73 Å². The third-order valence-electron chi connectivity index (χ3n) is 2.19. The Balaban J connectivity index is 2.85. The Kier molecular flexibility index (Phi) is 3.90. The summed E-state index contributed by atoms with van der Waals surface area (Å²) >= 11 is 3.50. The number of rotatable bonds is 3. The zero-order valence-corrected chi connectivity index (χ0v) is 10.3. The summed E-state index contributed by atoms with van der Waals surface area (Å²) in [6, 6.07) is 6.30. The van der Waals surface area contributed by atoms with Gasteiger partial charge >= 0.3 is 0 Å². The third kappa shape index (κ3) is 2.96. The number of aryl methyl sites for hydroxylation is 1. The predicted octanol–water partition coefficient (Wildman–Crippen LogP) is 3.72. The first-order valence-electron chi connectivity index (χ1n) is 4.66. The van der Waals surface area contributed by atoms with Gasteiger partial charge in [-0.3, -0.25) is 0 Å². The molecule has 0 heterocycles. The average Bonchev–Trinajstić information content (AvgIpc) is 2.08. The standard InChI is InChI=1S/C12H16BrN/c1-8(2)6-12(14)10-5-4-9(3)11(13)7-10/h4-5,7,12H,1,6,14H2,2-3H3. The van der Waals surface area contributed by atoms with E-state index in [1.165, 1.54) is 5.56 Å². The van der Waals surface area contributed by atoms with E-state index in [0.29, 0.717) is 0 Å². The Morgan fingerprint density at radius 2 is 2.21 bits per heavy atom. The van der Waals surface area contributed by atoms with Crippen LogP contribution in [0.25, 0.3) is 0 Å². The predicted molar refractivity (Wildman–Crippen MR) is 65.2 cm³/mol. The summed E-state index contributed by atoms with van der Waals surface area (Å²) in [4.78, 5) is 0. The summed E-state index contributed by atoms with van der Waals surface area (Å²) in [7, 11) is 0. The van der Waals surface area contributed by atoms with Crippen molar-refractivity contribution in [1.82, 2.24) is 0 Å². The van der Waals surface area contributed by atoms with E-state index in [0.717, 1.165) is 22.0 Å². The molecule has 0 aliphatic carbocycles. The lowest BCUT2D eigenvalue weighted by Gasteiger charge is -2.12. The zero-order chi connectivity index (χ0) is 10.7. The van der Waals surface area contributed by atoms with Gasteiger partial charge in [-0.15, -0.1) is 6.58 Å². The first-order valence-corrected chi connectivity index (χ1v) is 5.46. The summed E-state index contributed by atoms with van der Waals surface area (Å²) in [5.41, 5.74) is 9.54. The van der Waals surface area contributed by atoms with Gasteiger partial charge in [-0.2, -0.15) is 0 Å². The van der Waals surface area contributed by atoms with Crippen LogP contribution in [0.5, 0.6) is 0 Å². The molecular formula is C12H16BrN. The van der Waals surface area contributed by atoms with Gasteiger partial charge in [0.25, 0.3) is 0 Å². The molecule has 0 aliphatic heterocycles. The summed E-state index contributed by atoms with van der Waals surface area (Å²) in [6.07, 6.45) is 0.843. The summed E-state index contributed by atoms with van der Waals surface area (Å²) in [5.74, 6) is 0. The molecule has 1 atom stereocenters. The van der Waals surface area contributed by atoms with Crippen LogP contribution < -0.4 is 5.73 Å². The smallest absolute Gasteiger partial charge is 0.0332 e. The zero-order valence-electron chi connectivity index (χ0n) is 8.68. The van der Waals surface area contributed by atoms with Crippen molar-refractivity contribution >= 4 is 15.9 Å². The second-order valence-corrected chi connectivity index (χ2v) is 4.63. The average molecular weight is 254 g/mol. The molecule has 1 rings (SSSR count). The van der Waals surface area contributed by atoms with Crippen molar-refractivity contribution in [3.8, 4) is 0 Å². The minimum Gasteiger partial charge on any atom is -0.324 e. The third-order valence-corrected chi connectivity index (χ3v) is 3.05. The second-order valence-electron chi connectivity index (χ2n) is 3.78. The van der Waals surface area contributed by atoms with E-state index in [-0.39, 0.29) is 6.04 Å². The van der Waals surface area contributed by atoms with E-state index in [1.54, 1.807) is 0 Å². The Morgan fingerprint density at radius 3 is 2.71 bits per heavy atom. The number of halogens is 1. The maximum absolute atomic E-state index is 6.03. The Bertz CT molecular complexity index is 344. The fourth-order valence-electron chi connectivity index (χ4n) is 1.33. The molecular weight excluding hydrogens is 238 g/mol. The first-order chi connectivity index (χ1) is 6.50. The van der Waals surface area contributed by atoms with Crippen molar-refractivity contribution < 1.29 is 0 Å². The van der Waals surface area contributed by atoms with Gasteiger partial charge in [-0.1, -0.05) is 33.6 Å². The van der Waals surface area contributed by atoms with Crippen molar-refractivity contribution in [2.45, 2.75) is 26.3 Å². The van der Waals surface area contributed by atoms with Crippen LogP contribution in [0.2, 0.25) is 0 Å². The molecule has 1 nitrogen and oxygen atoms in total. The summed E-state index contributed by atoms with van der Waals surface area (Å²) in [6.45, 7) is 7.94. The van der Waals surface area contributed by atoms with Crippen molar-refractivity contribution in [3.05, 3.63) is 46.0 Å². The number of hydrogen-bond donors (Lipinski definition) is 1. The van der Waals surface area contributed by atoms with Crippen LogP contribution in [0.3, 0.4) is 0 Å². The maximum Gasteiger partial charge on any atom is 0.0332 e. The Hall–Kier alpha value is -0.600. The van der Waals surface area contributed by atoms with Crippen LogP contribution in [0.15, 0.2) is 34.8 Å². The first kappa shape index (κ1) is 11.5. The highest BCUT2D eigenvalue weighted by Gasteiger charge is 2.07. The van der Waals surface area contributed by atoms with Gasteiger partial charge in [0.2, 0.25) is 0 Å². The van der Waals surface area contributed by atoms with Gasteiger partial charge in [-0.25, -0.2) is 0 Å². The molecule has 0 spiro atoms. The van der Waals surface area contributed by atoms with Crippen LogP contribution in [-0.2, 0) is 0 Å². The molecule has 1 unspecified atom stereocenters. The second kappa shape index (κ2) is 4.76. The van der Waals surface area contributed by atoms with Crippen LogP contribution in [0.4, 0.5) is 0 Å². The molecule has 0 saturated carbocycles. The molecule has 0 aliphatic rings. The highest BCUT2D eigenvalue weighted by Crippen LogP contribution is 2.23. The van der Waals surface area contributed by atoms with Crippen LogP contribution in [-0.4, -0.2) is 0 Å². The molecule has 14 heavy (non-hydrogen) atoms. The van der Waals surface area contributed by atoms with Crippen LogP contribution in [0, 0.1) is 6.92 Å². The topological polar surface area (TPSA) is 26.0 Å². The molecule has 2 heteroatoms. The van der Waals surface area contributed by atoms with E-state index in [9.17, 15) is 0 Å². The van der Waals surface area contributed by atoms with E-state index >= 15 is 0 Å². The largest absolute Gasteiger partial charge is 0.324 e. The Morgan fingerprint density at radius 1 is 1.57 bits per heavy atom. The van der Waals surface area contributed by atoms with Crippen LogP contribution in [0.1, 0.15) is 30.5 Å². The van der Waals surface area contributed by atoms with Gasteiger partial charge in [-0.05, 0) is 37.5 Å². The fraction of sp³-hybridized carbons (Fsp3) is 0.333. The normalized spacial score (nSPS) is 12.6. The quantitative estimate of drug-likeness (QED) is 0.817. The highest BCUT2D eigenvalue weighted by atomic mass is 79.9. The monoisotopic (exact) mass is 253 g/mol. The van der Waals surface area contributed by atoms with Gasteiger partial charge in [0.1, 0.15) is 0 Å². The van der Waals surface area contributed by atoms with Gasteiger partial charge in [0.15, 0.2) is 0 Å². The summed E-state index contributed by atoms with van der Waals surface area (Å²) < 4.78 is 1.12. The van der Waals surface area contributed by atoms with Crippen LogP contribution >= 0.6 is 15.9 Å². The molecule has 0 radical (unpaired) electrons. The van der Waals surface area contributed by atoms with Crippen molar-refractivity contribution in [2.75, 3.05) is 0 Å². The molecule has 2 N–H and O–H groups in total.